The van der Waals surface area contributed by atoms with Gasteiger partial charge >= 0.3 is 0 Å². The molecule has 0 N–H and O–H groups in total. The molecule has 0 aliphatic rings. The summed E-state index contributed by atoms with van der Waals surface area (Å²) in [7, 11) is 0. The van der Waals surface area contributed by atoms with Crippen molar-refractivity contribution in [1.29, 1.82) is 0 Å². The molecule has 0 atom stereocenters. The topological polar surface area (TPSA) is 47.8 Å². The van der Waals surface area contributed by atoms with Gasteiger partial charge in [0.2, 0.25) is 0 Å². The second-order valence-corrected chi connectivity index (χ2v) is 4.02. The molecular formula is C11H19N3O. The summed E-state index contributed by atoms with van der Waals surface area (Å²) < 4.78 is 1.88. The minimum atomic E-state index is 0.118. The van der Waals surface area contributed by atoms with Gasteiger partial charge in [-0.1, -0.05) is 20.8 Å². The van der Waals surface area contributed by atoms with Gasteiger partial charge in [0.1, 0.15) is 17.9 Å². The Hall–Kier alpha value is -1.19. The molecular weight excluding hydrogens is 190 g/mol. The zero-order chi connectivity index (χ0) is 11.3. The summed E-state index contributed by atoms with van der Waals surface area (Å²) in [6.07, 6.45) is 3.87. The highest BCUT2D eigenvalue weighted by Crippen LogP contribution is 2.05. The molecule has 0 radical (unpaired) electrons. The summed E-state index contributed by atoms with van der Waals surface area (Å²) >= 11 is 0. The van der Waals surface area contributed by atoms with Crippen LogP contribution in [0, 0.1) is 5.92 Å². The number of nitrogens with zero attached hydrogens (tertiary/aromatic N) is 3. The fourth-order valence-corrected chi connectivity index (χ4v) is 1.40. The maximum absolute atomic E-state index is 11.4. The second-order valence-electron chi connectivity index (χ2n) is 4.02. The number of Topliss-reactive ketones (excluding diaryl/α,β-unsaturated/α-hetero) is 1. The largest absolute Gasteiger partial charge is 0.299 e. The van der Waals surface area contributed by atoms with Gasteiger partial charge in [-0.05, 0) is 6.42 Å². The lowest BCUT2D eigenvalue weighted by Crippen LogP contribution is -2.11. The molecule has 0 saturated heterocycles. The minimum Gasteiger partial charge on any atom is -0.299 e. The fourth-order valence-electron chi connectivity index (χ4n) is 1.40. The van der Waals surface area contributed by atoms with Gasteiger partial charge in [0, 0.05) is 25.3 Å². The van der Waals surface area contributed by atoms with E-state index < -0.39 is 0 Å². The highest BCUT2D eigenvalue weighted by molar-refractivity contribution is 5.80. The van der Waals surface area contributed by atoms with Crippen LogP contribution in [-0.2, 0) is 17.8 Å². The van der Waals surface area contributed by atoms with Crippen LogP contribution in [0.5, 0.6) is 0 Å². The standard InChI is InChI=1S/C11H19N3O/c1-4-7-14-11(12-8-13-14)6-5-10(15)9(2)3/h8-9H,4-7H2,1-3H3. The summed E-state index contributed by atoms with van der Waals surface area (Å²) in [5, 5.41) is 4.12. The smallest absolute Gasteiger partial charge is 0.138 e. The fraction of sp³-hybridized carbons (Fsp3) is 0.727. The van der Waals surface area contributed by atoms with Gasteiger partial charge in [-0.25, -0.2) is 4.98 Å². The van der Waals surface area contributed by atoms with Crippen LogP contribution in [0.15, 0.2) is 6.33 Å². The van der Waals surface area contributed by atoms with Gasteiger partial charge in [0.15, 0.2) is 0 Å². The summed E-state index contributed by atoms with van der Waals surface area (Å²) in [6.45, 7) is 6.84. The Kier molecular flexibility index (Phi) is 4.46. The normalized spacial score (nSPS) is 10.9. The predicted octanol–water partition coefficient (Wildman–Crippen LogP) is 1.85. The van der Waals surface area contributed by atoms with Crippen LogP contribution in [-0.4, -0.2) is 20.5 Å². The molecule has 84 valence electrons. The number of carbonyl (C=O) groups excluding carboxylic acids is 1. The number of hydrogen-bond donors (Lipinski definition) is 0. The lowest BCUT2D eigenvalue weighted by molar-refractivity contribution is -0.121. The Labute approximate surface area is 90.7 Å². The number of carbonyl (C=O) groups is 1. The third kappa shape index (κ3) is 3.46. The van der Waals surface area contributed by atoms with E-state index in [2.05, 4.69) is 17.0 Å². The second kappa shape index (κ2) is 5.63. The van der Waals surface area contributed by atoms with E-state index in [1.54, 1.807) is 6.33 Å². The van der Waals surface area contributed by atoms with Crippen LogP contribution in [0.2, 0.25) is 0 Å². The van der Waals surface area contributed by atoms with Crippen molar-refractivity contribution in [3.63, 3.8) is 0 Å². The zero-order valence-corrected chi connectivity index (χ0v) is 9.73. The molecule has 1 aromatic rings. The number of aromatic nitrogens is 3. The van der Waals surface area contributed by atoms with E-state index in [1.807, 2.05) is 18.5 Å². The van der Waals surface area contributed by atoms with Gasteiger partial charge in [-0.3, -0.25) is 9.48 Å². The molecule has 0 aliphatic carbocycles. The van der Waals surface area contributed by atoms with E-state index >= 15 is 0 Å². The Morgan fingerprint density at radius 1 is 1.53 bits per heavy atom. The maximum Gasteiger partial charge on any atom is 0.138 e. The summed E-state index contributed by atoms with van der Waals surface area (Å²) in [6, 6.07) is 0. The molecule has 0 aromatic carbocycles. The number of hydrogen-bond acceptors (Lipinski definition) is 3. The van der Waals surface area contributed by atoms with Gasteiger partial charge < -0.3 is 0 Å². The van der Waals surface area contributed by atoms with Gasteiger partial charge in [-0.2, -0.15) is 5.10 Å². The highest BCUT2D eigenvalue weighted by atomic mass is 16.1. The van der Waals surface area contributed by atoms with E-state index in [9.17, 15) is 4.79 Å². The quantitative estimate of drug-likeness (QED) is 0.718. The van der Waals surface area contributed by atoms with Gasteiger partial charge in [0.05, 0.1) is 0 Å². The molecule has 1 heterocycles. The number of aryl methyl sites for hydroxylation is 2. The lowest BCUT2D eigenvalue weighted by Gasteiger charge is -2.05. The molecule has 1 rings (SSSR count). The molecule has 4 nitrogen and oxygen atoms in total. The molecule has 0 fully saturated rings. The van der Waals surface area contributed by atoms with Crippen molar-refractivity contribution in [3.8, 4) is 0 Å². The van der Waals surface area contributed by atoms with Crippen molar-refractivity contribution >= 4 is 5.78 Å². The first-order valence-corrected chi connectivity index (χ1v) is 5.54. The molecule has 0 unspecified atom stereocenters. The summed E-state index contributed by atoms with van der Waals surface area (Å²) in [5.74, 6) is 1.33. The molecule has 4 heteroatoms. The Morgan fingerprint density at radius 2 is 2.27 bits per heavy atom. The molecule has 0 saturated carbocycles. The Bertz CT molecular complexity index is 317. The highest BCUT2D eigenvalue weighted by Gasteiger charge is 2.10. The minimum absolute atomic E-state index is 0.118. The molecule has 0 aliphatic heterocycles. The number of ketones is 1. The third-order valence-corrected chi connectivity index (χ3v) is 2.37. The van der Waals surface area contributed by atoms with Crippen molar-refractivity contribution in [2.45, 2.75) is 46.6 Å². The van der Waals surface area contributed by atoms with E-state index in [1.165, 1.54) is 0 Å². The van der Waals surface area contributed by atoms with Crippen LogP contribution in [0.25, 0.3) is 0 Å². The molecule has 15 heavy (non-hydrogen) atoms. The van der Waals surface area contributed by atoms with E-state index in [-0.39, 0.29) is 5.92 Å². The van der Waals surface area contributed by atoms with Crippen LogP contribution < -0.4 is 0 Å². The summed E-state index contributed by atoms with van der Waals surface area (Å²) in [4.78, 5) is 15.6. The third-order valence-electron chi connectivity index (χ3n) is 2.37. The Balaban J connectivity index is 2.50. The molecule has 0 amide bonds. The van der Waals surface area contributed by atoms with Gasteiger partial charge in [-0.15, -0.1) is 0 Å². The SMILES string of the molecule is CCCn1ncnc1CCC(=O)C(C)C. The average molecular weight is 209 g/mol. The van der Waals surface area contributed by atoms with Crippen molar-refractivity contribution in [2.24, 2.45) is 5.92 Å². The van der Waals surface area contributed by atoms with Crippen LogP contribution >= 0.6 is 0 Å². The van der Waals surface area contributed by atoms with E-state index in [4.69, 9.17) is 0 Å². The molecule has 0 spiro atoms. The van der Waals surface area contributed by atoms with Crippen LogP contribution in [0.4, 0.5) is 0 Å². The molecule has 0 bridgehead atoms. The first-order chi connectivity index (χ1) is 7.15. The number of rotatable bonds is 6. The zero-order valence-electron chi connectivity index (χ0n) is 9.73. The first-order valence-electron chi connectivity index (χ1n) is 5.54. The van der Waals surface area contributed by atoms with Crippen molar-refractivity contribution in [3.05, 3.63) is 12.2 Å². The lowest BCUT2D eigenvalue weighted by atomic mass is 10.0. The van der Waals surface area contributed by atoms with Crippen LogP contribution in [0.3, 0.4) is 0 Å². The summed E-state index contributed by atoms with van der Waals surface area (Å²) in [5.41, 5.74) is 0. The first kappa shape index (κ1) is 11.9. The van der Waals surface area contributed by atoms with Gasteiger partial charge in [0.25, 0.3) is 0 Å². The predicted molar refractivity (Wildman–Crippen MR) is 58.5 cm³/mol. The average Bonchev–Trinajstić information content (AvgIpc) is 2.62. The molecule has 1 aromatic heterocycles. The van der Waals surface area contributed by atoms with Crippen molar-refractivity contribution < 1.29 is 4.79 Å². The maximum atomic E-state index is 11.4. The Morgan fingerprint density at radius 3 is 2.87 bits per heavy atom. The van der Waals surface area contributed by atoms with Crippen LogP contribution in [0.1, 0.15) is 39.4 Å². The van der Waals surface area contributed by atoms with E-state index in [0.29, 0.717) is 18.6 Å². The van der Waals surface area contributed by atoms with E-state index in [0.717, 1.165) is 18.8 Å². The van der Waals surface area contributed by atoms with Crippen molar-refractivity contribution in [1.82, 2.24) is 14.8 Å². The van der Waals surface area contributed by atoms with Crippen molar-refractivity contribution in [2.75, 3.05) is 0 Å². The monoisotopic (exact) mass is 209 g/mol.